The number of nitrogens with one attached hydrogen (secondary N) is 2. The van der Waals surface area contributed by atoms with Crippen molar-refractivity contribution < 1.29 is 19.1 Å². The van der Waals surface area contributed by atoms with Gasteiger partial charge < -0.3 is 15.4 Å². The van der Waals surface area contributed by atoms with E-state index in [0.717, 1.165) is 17.5 Å². The minimum Gasteiger partial charge on any atom is -0.455 e. The van der Waals surface area contributed by atoms with Crippen molar-refractivity contribution in [3.63, 3.8) is 0 Å². The van der Waals surface area contributed by atoms with E-state index in [9.17, 15) is 14.4 Å². The van der Waals surface area contributed by atoms with Crippen LogP contribution in [0.25, 0.3) is 0 Å². The van der Waals surface area contributed by atoms with Crippen LogP contribution in [-0.2, 0) is 19.1 Å². The fraction of sp³-hybridized carbons (Fsp3) is 0.318. The van der Waals surface area contributed by atoms with Crippen molar-refractivity contribution in [3.8, 4) is 0 Å². The molecule has 0 unspecified atom stereocenters. The Kier molecular flexibility index (Phi) is 8.21. The highest BCUT2D eigenvalue weighted by atomic mass is 16.5. The Labute approximate surface area is 165 Å². The molecule has 6 nitrogen and oxygen atoms in total. The molecular weight excluding hydrogens is 356 g/mol. The molecule has 0 saturated heterocycles. The van der Waals surface area contributed by atoms with Crippen molar-refractivity contribution in [1.82, 2.24) is 10.6 Å². The van der Waals surface area contributed by atoms with Crippen molar-refractivity contribution >= 4 is 17.8 Å². The van der Waals surface area contributed by atoms with Crippen LogP contribution in [0.2, 0.25) is 0 Å². The maximum absolute atomic E-state index is 12.7. The molecule has 0 heterocycles. The normalized spacial score (nSPS) is 11.5. The van der Waals surface area contributed by atoms with Crippen LogP contribution < -0.4 is 10.6 Å². The average Bonchev–Trinajstić information content (AvgIpc) is 2.72. The first-order valence-electron chi connectivity index (χ1n) is 9.36. The fourth-order valence-electron chi connectivity index (χ4n) is 2.73. The van der Waals surface area contributed by atoms with Crippen LogP contribution in [0, 0.1) is 0 Å². The molecule has 0 radical (unpaired) electrons. The number of rotatable bonds is 9. The highest BCUT2D eigenvalue weighted by molar-refractivity contribution is 5.89. The molecule has 0 aliphatic rings. The maximum atomic E-state index is 12.7. The fourth-order valence-corrected chi connectivity index (χ4v) is 2.73. The Morgan fingerprint density at radius 2 is 1.46 bits per heavy atom. The quantitative estimate of drug-likeness (QED) is 0.652. The number of carbonyl (C=O) groups excluding carboxylic acids is 3. The maximum Gasteiger partial charge on any atom is 0.318 e. The molecule has 0 bridgehead atoms. The number of ether oxygens (including phenoxy) is 1. The number of hydrogen-bond donors (Lipinski definition) is 2. The van der Waals surface area contributed by atoms with Crippen molar-refractivity contribution in [2.45, 2.75) is 32.2 Å². The summed E-state index contributed by atoms with van der Waals surface area (Å²) < 4.78 is 5.25. The molecule has 1 atom stereocenters. The molecular formula is C22H26N2O4. The smallest absolute Gasteiger partial charge is 0.318 e. The lowest BCUT2D eigenvalue weighted by atomic mass is 9.91. The lowest BCUT2D eigenvalue weighted by molar-refractivity contribution is -0.149. The lowest BCUT2D eigenvalue weighted by Gasteiger charge is -2.18. The molecule has 0 spiro atoms. The van der Waals surface area contributed by atoms with Gasteiger partial charge in [0.25, 0.3) is 5.91 Å². The monoisotopic (exact) mass is 382 g/mol. The third-order valence-corrected chi connectivity index (χ3v) is 4.17. The van der Waals surface area contributed by atoms with E-state index in [0.29, 0.717) is 6.54 Å². The van der Waals surface area contributed by atoms with Crippen molar-refractivity contribution in [3.05, 3.63) is 71.8 Å². The predicted molar refractivity (Wildman–Crippen MR) is 107 cm³/mol. The second kappa shape index (κ2) is 10.9. The van der Waals surface area contributed by atoms with Crippen LogP contribution in [0.5, 0.6) is 0 Å². The summed E-state index contributed by atoms with van der Waals surface area (Å²) in [5.41, 5.74) is 1.57. The summed E-state index contributed by atoms with van der Waals surface area (Å²) in [6.07, 6.45) is 0.810. The Bertz CT molecular complexity index is 738. The third kappa shape index (κ3) is 6.23. The molecule has 28 heavy (non-hydrogen) atoms. The van der Waals surface area contributed by atoms with Crippen molar-refractivity contribution in [1.29, 1.82) is 0 Å². The van der Waals surface area contributed by atoms with E-state index in [1.807, 2.05) is 67.6 Å². The molecule has 0 aromatic heterocycles. The summed E-state index contributed by atoms with van der Waals surface area (Å²) in [6.45, 7) is 3.63. The van der Waals surface area contributed by atoms with Gasteiger partial charge in [0.1, 0.15) is 12.0 Å². The number of esters is 1. The van der Waals surface area contributed by atoms with Crippen molar-refractivity contribution in [2.24, 2.45) is 0 Å². The van der Waals surface area contributed by atoms with Gasteiger partial charge in [-0.25, -0.2) is 0 Å². The highest BCUT2D eigenvalue weighted by Crippen LogP contribution is 2.25. The van der Waals surface area contributed by atoms with Gasteiger partial charge in [-0.3, -0.25) is 14.4 Å². The summed E-state index contributed by atoms with van der Waals surface area (Å²) >= 11 is 0. The first kappa shape index (κ1) is 21.2. The summed E-state index contributed by atoms with van der Waals surface area (Å²) in [5, 5.41) is 5.24. The first-order chi connectivity index (χ1) is 13.5. The van der Waals surface area contributed by atoms with Gasteiger partial charge in [0, 0.05) is 6.54 Å². The van der Waals surface area contributed by atoms with Gasteiger partial charge in [0.05, 0.1) is 0 Å². The van der Waals surface area contributed by atoms with Gasteiger partial charge in [-0.2, -0.15) is 0 Å². The number of hydrogen-bond acceptors (Lipinski definition) is 4. The summed E-state index contributed by atoms with van der Waals surface area (Å²) in [7, 11) is 0. The van der Waals surface area contributed by atoms with Gasteiger partial charge in [-0.05, 0) is 24.5 Å². The Balaban J connectivity index is 1.98. The van der Waals surface area contributed by atoms with E-state index in [-0.39, 0.29) is 5.91 Å². The van der Waals surface area contributed by atoms with E-state index in [1.165, 1.54) is 0 Å². The van der Waals surface area contributed by atoms with Crippen LogP contribution in [-0.4, -0.2) is 37.0 Å². The molecule has 0 fully saturated rings. The molecule has 0 aliphatic carbocycles. The van der Waals surface area contributed by atoms with Crippen LogP contribution in [0.3, 0.4) is 0 Å². The second-order valence-corrected chi connectivity index (χ2v) is 6.44. The van der Waals surface area contributed by atoms with E-state index in [4.69, 9.17) is 4.74 Å². The minimum atomic E-state index is -0.697. The van der Waals surface area contributed by atoms with E-state index >= 15 is 0 Å². The molecule has 0 aliphatic heterocycles. The van der Waals surface area contributed by atoms with Crippen molar-refractivity contribution in [2.75, 3.05) is 13.2 Å². The predicted octanol–water partition coefficient (Wildman–Crippen LogP) is 2.39. The Morgan fingerprint density at radius 3 is 1.96 bits per heavy atom. The second-order valence-electron chi connectivity index (χ2n) is 6.44. The molecule has 2 amide bonds. The van der Waals surface area contributed by atoms with Gasteiger partial charge in [0.15, 0.2) is 6.61 Å². The Hall–Kier alpha value is -3.15. The summed E-state index contributed by atoms with van der Waals surface area (Å²) in [6, 6.07) is 17.8. The zero-order valence-corrected chi connectivity index (χ0v) is 16.2. The zero-order valence-electron chi connectivity index (χ0n) is 16.2. The average molecular weight is 382 g/mol. The molecule has 2 aromatic rings. The summed E-state index contributed by atoms with van der Waals surface area (Å²) in [4.78, 5) is 36.6. The van der Waals surface area contributed by atoms with E-state index in [1.54, 1.807) is 6.92 Å². The zero-order chi connectivity index (χ0) is 20.4. The number of amides is 2. The minimum absolute atomic E-state index is 0.270. The topological polar surface area (TPSA) is 84.5 Å². The van der Waals surface area contributed by atoms with Gasteiger partial charge in [-0.1, -0.05) is 67.6 Å². The summed E-state index contributed by atoms with van der Waals surface area (Å²) in [5.74, 6) is -1.93. The van der Waals surface area contributed by atoms with Gasteiger partial charge in [0.2, 0.25) is 5.91 Å². The highest BCUT2D eigenvalue weighted by Gasteiger charge is 2.25. The molecule has 148 valence electrons. The van der Waals surface area contributed by atoms with Gasteiger partial charge in [-0.15, -0.1) is 0 Å². The largest absolute Gasteiger partial charge is 0.455 e. The van der Waals surface area contributed by atoms with Crippen LogP contribution in [0.4, 0.5) is 0 Å². The van der Waals surface area contributed by atoms with Crippen LogP contribution >= 0.6 is 0 Å². The lowest BCUT2D eigenvalue weighted by Crippen LogP contribution is -2.46. The number of benzene rings is 2. The number of carbonyl (C=O) groups is 3. The van der Waals surface area contributed by atoms with Crippen LogP contribution in [0.15, 0.2) is 60.7 Å². The molecule has 0 saturated carbocycles. The first-order valence-corrected chi connectivity index (χ1v) is 9.36. The molecule has 2 rings (SSSR count). The molecule has 2 aromatic carbocycles. The van der Waals surface area contributed by atoms with Gasteiger partial charge >= 0.3 is 5.97 Å². The SMILES string of the molecule is CCCNC(=O)[C@H](C)NC(=O)COC(=O)C(c1ccccc1)c1ccccc1. The molecule has 2 N–H and O–H groups in total. The van der Waals surface area contributed by atoms with E-state index < -0.39 is 30.4 Å². The van der Waals surface area contributed by atoms with Crippen LogP contribution in [0.1, 0.15) is 37.3 Å². The standard InChI is InChI=1S/C22H26N2O4/c1-3-14-23-21(26)16(2)24-19(25)15-28-22(27)20(17-10-6-4-7-11-17)18-12-8-5-9-13-18/h4-13,16,20H,3,14-15H2,1-2H3,(H,23,26)(H,24,25)/t16-/m0/s1. The van der Waals surface area contributed by atoms with E-state index in [2.05, 4.69) is 10.6 Å². The Morgan fingerprint density at radius 1 is 0.929 bits per heavy atom. The molecule has 6 heteroatoms. The third-order valence-electron chi connectivity index (χ3n) is 4.17.